The zero-order chi connectivity index (χ0) is 37.2. The molecule has 1 saturated heterocycles. The molecule has 0 radical (unpaired) electrons. The van der Waals surface area contributed by atoms with Crippen molar-refractivity contribution in [3.8, 4) is 0 Å². The molecule has 3 aliphatic rings. The summed E-state index contributed by atoms with van der Waals surface area (Å²) in [5.41, 5.74) is -0.562. The molecule has 4 N–H and O–H groups in total. The smallest absolute Gasteiger partial charge is 0.449 e. The lowest BCUT2D eigenvalue weighted by atomic mass is 10.1. The molecule has 2 aliphatic carbocycles. The molecule has 15 nitrogen and oxygen atoms in total. The number of unbranched alkanes of at least 4 members (excludes halogenated alkanes) is 8. The minimum atomic E-state index is -4.14. The summed E-state index contributed by atoms with van der Waals surface area (Å²) in [6.07, 6.45) is 17.9. The number of phosphoric ester groups is 1. The first-order chi connectivity index (χ1) is 25.2. The largest absolute Gasteiger partial charge is 0.472 e. The van der Waals surface area contributed by atoms with Gasteiger partial charge < -0.3 is 34.3 Å². The monoisotopic (exact) mass is 757 g/mol. The summed E-state index contributed by atoms with van der Waals surface area (Å²) >= 11 is 0. The molecule has 0 aromatic carbocycles. The van der Waals surface area contributed by atoms with Crippen LogP contribution in [0.2, 0.25) is 0 Å². The molecule has 1 aliphatic heterocycles. The van der Waals surface area contributed by atoms with Gasteiger partial charge in [-0.05, 0) is 63.2 Å². The number of amides is 1. The number of allylic oxidation sites excluding steroid dienone is 2. The highest BCUT2D eigenvalue weighted by atomic mass is 31.2. The van der Waals surface area contributed by atoms with Crippen LogP contribution in [0.3, 0.4) is 0 Å². The number of alkyl carbamates (subject to hydrolysis) is 1. The molecule has 52 heavy (non-hydrogen) atoms. The van der Waals surface area contributed by atoms with Gasteiger partial charge in [-0.25, -0.2) is 14.2 Å². The number of aromatic amines is 1. The van der Waals surface area contributed by atoms with E-state index in [0.29, 0.717) is 49.4 Å². The molecular weight excluding hydrogens is 697 g/mol. The number of aliphatic hydroxyl groups is 1. The minimum Gasteiger partial charge on any atom is -0.449 e. The summed E-state index contributed by atoms with van der Waals surface area (Å²) in [7, 11) is -4.14. The van der Waals surface area contributed by atoms with Crippen LogP contribution in [-0.2, 0) is 32.6 Å². The Labute approximate surface area is 306 Å². The van der Waals surface area contributed by atoms with E-state index < -0.39 is 37.5 Å². The Morgan fingerprint density at radius 1 is 0.942 bits per heavy atom. The van der Waals surface area contributed by atoms with Gasteiger partial charge in [-0.2, -0.15) is 0 Å². The third-order valence-electron chi connectivity index (χ3n) is 10.1. The van der Waals surface area contributed by atoms with Crippen LogP contribution in [0.4, 0.5) is 4.79 Å². The maximum Gasteiger partial charge on any atom is 0.472 e. The van der Waals surface area contributed by atoms with E-state index in [0.717, 1.165) is 64.2 Å². The number of nitrogens with zero attached hydrogens (tertiary/aromatic N) is 1. The molecule has 1 aromatic rings. The van der Waals surface area contributed by atoms with E-state index >= 15 is 0 Å². The molecule has 16 heteroatoms. The van der Waals surface area contributed by atoms with Crippen molar-refractivity contribution in [2.75, 3.05) is 52.8 Å². The lowest BCUT2D eigenvalue weighted by Crippen LogP contribution is -2.33. The maximum absolute atomic E-state index is 12.2. The van der Waals surface area contributed by atoms with E-state index in [9.17, 15) is 28.9 Å². The highest BCUT2D eigenvalue weighted by Crippen LogP contribution is 2.52. The third kappa shape index (κ3) is 14.8. The van der Waals surface area contributed by atoms with Crippen LogP contribution in [0.5, 0.6) is 0 Å². The second-order valence-corrected chi connectivity index (χ2v) is 15.5. The third-order valence-corrected chi connectivity index (χ3v) is 11.1. The van der Waals surface area contributed by atoms with Gasteiger partial charge in [0.25, 0.3) is 5.56 Å². The summed E-state index contributed by atoms with van der Waals surface area (Å²) in [6.45, 7) is 3.06. The molecule has 0 spiro atoms. The normalized spacial score (nSPS) is 25.8. The summed E-state index contributed by atoms with van der Waals surface area (Å²) in [5, 5.41) is 12.4. The fourth-order valence-electron chi connectivity index (χ4n) is 7.11. The second kappa shape index (κ2) is 22.8. The maximum atomic E-state index is 12.2. The topological polar surface area (TPSA) is 197 Å². The molecule has 1 aromatic heterocycles. The highest BCUT2D eigenvalue weighted by Gasteiger charge is 2.49. The van der Waals surface area contributed by atoms with Crippen LogP contribution in [0.1, 0.15) is 102 Å². The number of aromatic nitrogens is 2. The van der Waals surface area contributed by atoms with Gasteiger partial charge >= 0.3 is 19.6 Å². The molecule has 7 atom stereocenters. The summed E-state index contributed by atoms with van der Waals surface area (Å²) in [4.78, 5) is 48.0. The molecule has 296 valence electrons. The number of hydrogen-bond acceptors (Lipinski definition) is 11. The van der Waals surface area contributed by atoms with Gasteiger partial charge in [0.05, 0.1) is 45.7 Å². The van der Waals surface area contributed by atoms with Crippen LogP contribution in [0.15, 0.2) is 27.9 Å². The Bertz CT molecular complexity index is 1390. The lowest BCUT2D eigenvalue weighted by Gasteiger charge is -2.16. The fourth-order valence-corrected chi connectivity index (χ4v) is 7.85. The zero-order valence-corrected chi connectivity index (χ0v) is 31.5. The molecular formula is C36H60N3O12P. The van der Waals surface area contributed by atoms with Gasteiger partial charge in [-0.3, -0.25) is 23.4 Å². The van der Waals surface area contributed by atoms with Gasteiger partial charge in [0.2, 0.25) is 0 Å². The standard InChI is InChI=1S/C36H60N3O12P/c1-27-24-39(35(42)38-34(27)41)33-23-31(32(25-40)51-33)47-18-13-9-5-3-2-4-6-10-14-19-49-52(44,45)50-22-21-46-20-17-37-36(43)48-26-30-28-15-11-7-8-12-16-29(28)30/h7-8,24,28-33,40H,2-6,9-23,25-26H2,1H3,(H,37,43)(H,44,45)(H,38,41,42)/b8-7-/t28-,29+,30?,31?,32-,33-/m1/s1. The van der Waals surface area contributed by atoms with Crippen molar-refractivity contribution in [1.82, 2.24) is 14.9 Å². The Morgan fingerprint density at radius 2 is 1.58 bits per heavy atom. The summed E-state index contributed by atoms with van der Waals surface area (Å²) in [6, 6.07) is 0. The molecule has 4 rings (SSSR count). The van der Waals surface area contributed by atoms with Crippen LogP contribution < -0.4 is 16.6 Å². The zero-order valence-electron chi connectivity index (χ0n) is 30.6. The molecule has 1 amide bonds. The number of aliphatic hydroxyl groups excluding tert-OH is 1. The first-order valence-corrected chi connectivity index (χ1v) is 20.6. The number of H-pyrrole nitrogens is 1. The number of rotatable bonds is 25. The number of phosphoric acid groups is 1. The van der Waals surface area contributed by atoms with E-state index in [1.807, 2.05) is 0 Å². The van der Waals surface area contributed by atoms with E-state index in [2.05, 4.69) is 22.5 Å². The molecule has 2 heterocycles. The van der Waals surface area contributed by atoms with Gasteiger partial charge in [-0.15, -0.1) is 0 Å². The first kappa shape index (κ1) is 42.4. The van der Waals surface area contributed by atoms with Gasteiger partial charge in [0, 0.05) is 31.3 Å². The van der Waals surface area contributed by atoms with Crippen LogP contribution in [-0.4, -0.2) is 90.6 Å². The van der Waals surface area contributed by atoms with E-state index in [-0.39, 0.29) is 45.7 Å². The van der Waals surface area contributed by atoms with Gasteiger partial charge in [0.1, 0.15) is 12.3 Å². The second-order valence-electron chi connectivity index (χ2n) is 14.0. The fraction of sp³-hybridized carbons (Fsp3) is 0.806. The van der Waals surface area contributed by atoms with Gasteiger partial charge in [-0.1, -0.05) is 57.1 Å². The van der Waals surface area contributed by atoms with E-state index in [4.69, 9.17) is 28.0 Å². The van der Waals surface area contributed by atoms with Crippen LogP contribution in [0.25, 0.3) is 0 Å². The number of carbonyl (C=O) groups is 1. The first-order valence-electron chi connectivity index (χ1n) is 19.1. The molecule has 2 fully saturated rings. The van der Waals surface area contributed by atoms with E-state index in [1.54, 1.807) is 6.92 Å². The Kier molecular flexibility index (Phi) is 18.6. The Hall–Kier alpha value is -2.36. The average molecular weight is 758 g/mol. The quantitative estimate of drug-likeness (QED) is 0.0600. The number of nitrogens with one attached hydrogen (secondary N) is 2. The van der Waals surface area contributed by atoms with E-state index in [1.165, 1.54) is 23.6 Å². The van der Waals surface area contributed by atoms with Crippen molar-refractivity contribution < 1.29 is 47.4 Å². The van der Waals surface area contributed by atoms with Crippen molar-refractivity contribution >= 4 is 13.9 Å². The van der Waals surface area contributed by atoms with Crippen LogP contribution >= 0.6 is 7.82 Å². The predicted octanol–water partition coefficient (Wildman–Crippen LogP) is 4.89. The van der Waals surface area contributed by atoms with Crippen molar-refractivity contribution in [2.45, 2.75) is 115 Å². The number of aryl methyl sites for hydroxylation is 1. The van der Waals surface area contributed by atoms with Gasteiger partial charge in [0.15, 0.2) is 0 Å². The molecule has 3 unspecified atom stereocenters. The average Bonchev–Trinajstić information content (AvgIpc) is 3.56. The number of hydrogen-bond donors (Lipinski definition) is 4. The summed E-state index contributed by atoms with van der Waals surface area (Å²) in [5.74, 6) is 1.83. The molecule has 0 bridgehead atoms. The minimum absolute atomic E-state index is 0.0945. The Balaban J connectivity index is 0.892. The van der Waals surface area contributed by atoms with Crippen LogP contribution in [0, 0.1) is 24.7 Å². The van der Waals surface area contributed by atoms with Crippen molar-refractivity contribution in [2.24, 2.45) is 17.8 Å². The van der Waals surface area contributed by atoms with Crippen molar-refractivity contribution in [3.05, 3.63) is 44.8 Å². The lowest BCUT2D eigenvalue weighted by molar-refractivity contribution is -0.0626. The number of carbonyl (C=O) groups excluding carboxylic acids is 1. The predicted molar refractivity (Wildman–Crippen MR) is 193 cm³/mol. The Morgan fingerprint density at radius 3 is 2.25 bits per heavy atom. The SMILES string of the molecule is Cc1cn([C@H]2CC(OCCCCCCCCCCCOP(=O)(O)OCCOCCNC(=O)OCC3[C@H]4CC/C=C\CC[C@@H]34)[C@@H](CO)O2)c(=O)[nH]c1=O. The number of ether oxygens (including phenoxy) is 4. The molecule has 1 saturated carbocycles. The highest BCUT2D eigenvalue weighted by molar-refractivity contribution is 7.47. The van der Waals surface area contributed by atoms with Crippen molar-refractivity contribution in [3.63, 3.8) is 0 Å². The van der Waals surface area contributed by atoms with Crippen molar-refractivity contribution in [1.29, 1.82) is 0 Å². The number of fused-ring (bicyclic) bond motifs is 1. The summed E-state index contributed by atoms with van der Waals surface area (Å²) < 4.78 is 46.0.